The lowest BCUT2D eigenvalue weighted by atomic mass is 10.2. The van der Waals surface area contributed by atoms with E-state index >= 15 is 0 Å². The summed E-state index contributed by atoms with van der Waals surface area (Å²) in [7, 11) is 0. The Morgan fingerprint density at radius 3 is 3.00 bits per heavy atom. The summed E-state index contributed by atoms with van der Waals surface area (Å²) in [4.78, 5) is 15.6. The van der Waals surface area contributed by atoms with Crippen LogP contribution in [0.2, 0.25) is 0 Å². The van der Waals surface area contributed by atoms with Gasteiger partial charge in [-0.15, -0.1) is 0 Å². The number of amides is 1. The maximum atomic E-state index is 11.2. The maximum absolute atomic E-state index is 11.2. The van der Waals surface area contributed by atoms with Gasteiger partial charge in [0.2, 0.25) is 5.91 Å². The number of likely N-dealkylation sites (N-methyl/N-ethyl adjacent to an activating group) is 1. The minimum absolute atomic E-state index is 0.0953. The zero-order valence-corrected chi connectivity index (χ0v) is 9.80. The molecule has 0 fully saturated rings. The molecule has 0 saturated heterocycles. The van der Waals surface area contributed by atoms with Gasteiger partial charge < -0.3 is 16.4 Å². The Hall–Kier alpha value is -1.69. The minimum atomic E-state index is -0.0953. The molecule has 0 spiro atoms. The molecule has 0 unspecified atom stereocenters. The lowest BCUT2D eigenvalue weighted by Crippen LogP contribution is -2.30. The first-order chi connectivity index (χ1) is 7.65. The number of nitrogens with one attached hydrogen (secondary N) is 2. The minimum Gasteiger partial charge on any atom is -0.389 e. The van der Waals surface area contributed by atoms with Crippen molar-refractivity contribution in [3.8, 4) is 0 Å². The predicted molar refractivity (Wildman–Crippen MR) is 67.3 cm³/mol. The normalized spacial score (nSPS) is 9.56. The van der Waals surface area contributed by atoms with E-state index in [9.17, 15) is 4.79 Å². The summed E-state index contributed by atoms with van der Waals surface area (Å²) < 4.78 is 0. The van der Waals surface area contributed by atoms with Crippen LogP contribution >= 0.6 is 12.2 Å². The van der Waals surface area contributed by atoms with Crippen molar-refractivity contribution in [1.29, 1.82) is 0 Å². The fraction of sp³-hybridized carbons (Fsp3) is 0.300. The highest BCUT2D eigenvalue weighted by Gasteiger charge is 2.06. The first-order valence-corrected chi connectivity index (χ1v) is 5.31. The number of anilines is 1. The highest BCUT2D eigenvalue weighted by molar-refractivity contribution is 7.80. The fourth-order valence-electron chi connectivity index (χ4n) is 1.17. The lowest BCUT2D eigenvalue weighted by molar-refractivity contribution is -0.119. The summed E-state index contributed by atoms with van der Waals surface area (Å²) in [5, 5.41) is 5.56. The third-order valence-electron chi connectivity index (χ3n) is 1.86. The average molecular weight is 238 g/mol. The van der Waals surface area contributed by atoms with E-state index in [1.807, 2.05) is 6.92 Å². The van der Waals surface area contributed by atoms with Gasteiger partial charge >= 0.3 is 0 Å². The lowest BCUT2D eigenvalue weighted by Gasteiger charge is -2.09. The smallest absolute Gasteiger partial charge is 0.239 e. The van der Waals surface area contributed by atoms with Crippen LogP contribution in [0, 0.1) is 0 Å². The van der Waals surface area contributed by atoms with Crippen molar-refractivity contribution in [2.45, 2.75) is 6.92 Å². The molecule has 5 nitrogen and oxygen atoms in total. The molecule has 0 aliphatic heterocycles. The molecular formula is C10H14N4OS. The van der Waals surface area contributed by atoms with Gasteiger partial charge in [-0.25, -0.2) is 4.98 Å². The number of carbonyl (C=O) groups excluding carboxylic acids is 1. The topological polar surface area (TPSA) is 80.0 Å². The molecule has 1 aromatic rings. The van der Waals surface area contributed by atoms with Gasteiger partial charge in [0.15, 0.2) is 0 Å². The van der Waals surface area contributed by atoms with Crippen LogP contribution in [0.5, 0.6) is 0 Å². The van der Waals surface area contributed by atoms with Gasteiger partial charge in [0.1, 0.15) is 10.8 Å². The number of carbonyl (C=O) groups is 1. The molecule has 1 heterocycles. The Kier molecular flexibility index (Phi) is 4.65. The molecule has 86 valence electrons. The summed E-state index contributed by atoms with van der Waals surface area (Å²) in [5.74, 6) is 0.434. The largest absolute Gasteiger partial charge is 0.389 e. The Bertz CT molecular complexity index is 394. The third-order valence-corrected chi connectivity index (χ3v) is 2.08. The number of pyridine rings is 1. The number of hydrogen-bond acceptors (Lipinski definition) is 4. The molecule has 0 aliphatic rings. The third kappa shape index (κ3) is 3.47. The van der Waals surface area contributed by atoms with Crippen LogP contribution in [0.25, 0.3) is 0 Å². The van der Waals surface area contributed by atoms with E-state index in [0.717, 1.165) is 0 Å². The number of aromatic nitrogens is 1. The first-order valence-electron chi connectivity index (χ1n) is 4.90. The zero-order valence-electron chi connectivity index (χ0n) is 8.99. The number of hydrogen-bond donors (Lipinski definition) is 3. The van der Waals surface area contributed by atoms with Gasteiger partial charge in [-0.05, 0) is 19.1 Å². The van der Waals surface area contributed by atoms with Crippen molar-refractivity contribution in [2.24, 2.45) is 5.73 Å². The molecule has 1 rings (SSSR count). The monoisotopic (exact) mass is 238 g/mol. The second-order valence-corrected chi connectivity index (χ2v) is 3.51. The van der Waals surface area contributed by atoms with Crippen LogP contribution in [0.15, 0.2) is 18.3 Å². The van der Waals surface area contributed by atoms with E-state index in [4.69, 9.17) is 18.0 Å². The van der Waals surface area contributed by atoms with E-state index < -0.39 is 0 Å². The highest BCUT2D eigenvalue weighted by atomic mass is 32.1. The molecule has 1 amide bonds. The number of nitrogens with zero attached hydrogens (tertiary/aromatic N) is 1. The maximum Gasteiger partial charge on any atom is 0.239 e. The van der Waals surface area contributed by atoms with Gasteiger partial charge in [0.05, 0.1) is 12.1 Å². The molecule has 0 aromatic carbocycles. The zero-order chi connectivity index (χ0) is 12.0. The molecular weight excluding hydrogens is 224 g/mol. The van der Waals surface area contributed by atoms with Crippen LogP contribution in [-0.2, 0) is 4.79 Å². The molecule has 4 N–H and O–H groups in total. The highest BCUT2D eigenvalue weighted by Crippen LogP contribution is 2.10. The van der Waals surface area contributed by atoms with E-state index in [1.165, 1.54) is 0 Å². The standard InChI is InChI=1S/C10H14N4OS/c1-2-12-8(15)6-14-10-7(9(11)16)4-3-5-13-10/h3-5H,2,6H2,1H3,(H2,11,16)(H,12,15)(H,13,14). The van der Waals surface area contributed by atoms with Gasteiger partial charge in [0, 0.05) is 12.7 Å². The van der Waals surface area contributed by atoms with Crippen LogP contribution in [-0.4, -0.2) is 29.0 Å². The summed E-state index contributed by atoms with van der Waals surface area (Å²) >= 11 is 4.88. The van der Waals surface area contributed by atoms with E-state index in [-0.39, 0.29) is 17.4 Å². The molecule has 0 saturated carbocycles. The van der Waals surface area contributed by atoms with Crippen molar-refractivity contribution in [3.05, 3.63) is 23.9 Å². The predicted octanol–water partition coefficient (Wildman–Crippen LogP) is 0.264. The van der Waals surface area contributed by atoms with Crippen LogP contribution in [0.3, 0.4) is 0 Å². The molecule has 1 aromatic heterocycles. The fourth-order valence-corrected chi connectivity index (χ4v) is 1.33. The number of nitrogens with two attached hydrogens (primary N) is 1. The van der Waals surface area contributed by atoms with Crippen molar-refractivity contribution in [2.75, 3.05) is 18.4 Å². The van der Waals surface area contributed by atoms with Crippen LogP contribution in [0.4, 0.5) is 5.82 Å². The molecule has 0 radical (unpaired) electrons. The van der Waals surface area contributed by atoms with Crippen LogP contribution < -0.4 is 16.4 Å². The van der Waals surface area contributed by atoms with Gasteiger partial charge in [-0.3, -0.25) is 4.79 Å². The van der Waals surface area contributed by atoms with Crippen LogP contribution in [0.1, 0.15) is 12.5 Å². The Labute approximate surface area is 99.4 Å². The molecule has 0 atom stereocenters. The average Bonchev–Trinajstić information content (AvgIpc) is 2.27. The van der Waals surface area contributed by atoms with Crippen molar-refractivity contribution in [1.82, 2.24) is 10.3 Å². The summed E-state index contributed by atoms with van der Waals surface area (Å²) in [6.07, 6.45) is 1.61. The Morgan fingerprint density at radius 2 is 2.38 bits per heavy atom. The molecule has 6 heteroatoms. The van der Waals surface area contributed by atoms with E-state index in [1.54, 1.807) is 18.3 Å². The second-order valence-electron chi connectivity index (χ2n) is 3.07. The summed E-state index contributed by atoms with van der Waals surface area (Å²) in [6, 6.07) is 3.50. The molecule has 0 aliphatic carbocycles. The summed E-state index contributed by atoms with van der Waals surface area (Å²) in [6.45, 7) is 2.62. The Morgan fingerprint density at radius 1 is 1.62 bits per heavy atom. The SMILES string of the molecule is CCNC(=O)CNc1ncccc1C(N)=S. The quantitative estimate of drug-likeness (QED) is 0.641. The molecule has 16 heavy (non-hydrogen) atoms. The van der Waals surface area contributed by atoms with Gasteiger partial charge in [-0.2, -0.15) is 0 Å². The second kappa shape index (κ2) is 6.02. The Balaban J connectivity index is 2.66. The van der Waals surface area contributed by atoms with E-state index in [2.05, 4.69) is 15.6 Å². The van der Waals surface area contributed by atoms with Gasteiger partial charge in [-0.1, -0.05) is 12.2 Å². The van der Waals surface area contributed by atoms with E-state index in [0.29, 0.717) is 17.9 Å². The molecule has 0 bridgehead atoms. The number of rotatable bonds is 5. The first kappa shape index (κ1) is 12.4. The summed E-state index contributed by atoms with van der Waals surface area (Å²) in [5.41, 5.74) is 6.17. The van der Waals surface area contributed by atoms with Crippen molar-refractivity contribution < 1.29 is 4.79 Å². The van der Waals surface area contributed by atoms with Crippen molar-refractivity contribution >= 4 is 28.9 Å². The van der Waals surface area contributed by atoms with Gasteiger partial charge in [0.25, 0.3) is 0 Å². The van der Waals surface area contributed by atoms with Crippen molar-refractivity contribution in [3.63, 3.8) is 0 Å². The number of thiocarbonyl (C=S) groups is 1.